The Morgan fingerprint density at radius 1 is 0.632 bits per heavy atom. The molecule has 0 atom stereocenters. The summed E-state index contributed by atoms with van der Waals surface area (Å²) in [4.78, 5) is 0. The Balaban J connectivity index is 1.30. The lowest BCUT2D eigenvalue weighted by atomic mass is 9.80. The van der Waals surface area contributed by atoms with Crippen molar-refractivity contribution in [3.63, 3.8) is 0 Å². The summed E-state index contributed by atoms with van der Waals surface area (Å²) in [6.45, 7) is 5.18. The van der Waals surface area contributed by atoms with Gasteiger partial charge in [0.2, 0.25) is 0 Å². The first-order chi connectivity index (χ1) is 18.6. The average Bonchev–Trinajstić information content (AvgIpc) is 2.96. The van der Waals surface area contributed by atoms with Crippen LogP contribution in [0.5, 0.6) is 5.75 Å². The summed E-state index contributed by atoms with van der Waals surface area (Å²) in [5.74, 6) is 1.04. The first-order valence-corrected chi connectivity index (χ1v) is 14.9. The fraction of sp³-hybridized carbons (Fsp3) is 0.486. The lowest BCUT2D eigenvalue weighted by Crippen LogP contribution is -2.20. The van der Waals surface area contributed by atoms with Gasteiger partial charge in [-0.05, 0) is 71.9 Å². The summed E-state index contributed by atoms with van der Waals surface area (Å²) in [5.41, 5.74) is 3.58. The molecule has 3 heteroatoms. The first-order valence-electron chi connectivity index (χ1n) is 14.9. The Morgan fingerprint density at radius 2 is 1.21 bits per heavy atom. The molecule has 0 N–H and O–H groups in total. The summed E-state index contributed by atoms with van der Waals surface area (Å²) in [5, 5.41) is 0. The quantitative estimate of drug-likeness (QED) is 0.204. The first kappa shape index (κ1) is 28.3. The van der Waals surface area contributed by atoms with Gasteiger partial charge >= 0.3 is 0 Å². The molecular weight excluding hydrogens is 474 g/mol. The highest BCUT2D eigenvalue weighted by Crippen LogP contribution is 2.33. The van der Waals surface area contributed by atoms with Crippen LogP contribution in [0.3, 0.4) is 0 Å². The molecule has 38 heavy (non-hydrogen) atoms. The molecule has 1 aliphatic carbocycles. The molecule has 0 spiro atoms. The molecule has 0 aromatic heterocycles. The van der Waals surface area contributed by atoms with Crippen LogP contribution in [0.25, 0.3) is 22.3 Å². The summed E-state index contributed by atoms with van der Waals surface area (Å²) >= 11 is 0. The Bertz CT molecular complexity index is 1110. The smallest absolute Gasteiger partial charge is 0.166 e. The third kappa shape index (κ3) is 7.68. The number of ether oxygens (including phenoxy) is 1. The molecule has 0 unspecified atom stereocenters. The Hall–Kier alpha value is -2.68. The molecule has 1 aliphatic rings. The molecule has 3 aromatic carbocycles. The maximum atomic E-state index is 14.8. The number of rotatable bonds is 13. The van der Waals surface area contributed by atoms with Crippen molar-refractivity contribution in [1.82, 2.24) is 0 Å². The van der Waals surface area contributed by atoms with E-state index in [1.54, 1.807) is 12.1 Å². The number of hydrogen-bond acceptors (Lipinski definition) is 1. The van der Waals surface area contributed by atoms with E-state index in [9.17, 15) is 8.78 Å². The minimum Gasteiger partial charge on any atom is -0.493 e. The van der Waals surface area contributed by atoms with Crippen LogP contribution in [0.15, 0.2) is 60.7 Å². The van der Waals surface area contributed by atoms with Gasteiger partial charge in [-0.15, -0.1) is 0 Å². The van der Waals surface area contributed by atoms with E-state index in [1.165, 1.54) is 51.4 Å². The number of aryl methyl sites for hydroxylation is 1. The normalized spacial score (nSPS) is 17.5. The zero-order valence-corrected chi connectivity index (χ0v) is 23.3. The number of hydrogen-bond donors (Lipinski definition) is 0. The maximum Gasteiger partial charge on any atom is 0.166 e. The Kier molecular flexibility index (Phi) is 10.8. The van der Waals surface area contributed by atoms with Crippen molar-refractivity contribution < 1.29 is 13.5 Å². The minimum absolute atomic E-state index is 0.312. The molecule has 204 valence electrons. The lowest BCUT2D eigenvalue weighted by Gasteiger charge is -2.28. The van der Waals surface area contributed by atoms with Crippen LogP contribution >= 0.6 is 0 Å². The molecular formula is C35H44F2O. The summed E-state index contributed by atoms with van der Waals surface area (Å²) in [7, 11) is 0. The van der Waals surface area contributed by atoms with E-state index >= 15 is 0 Å². The van der Waals surface area contributed by atoms with Gasteiger partial charge in [0.1, 0.15) is 5.75 Å². The SMILES string of the molecule is CCCCCc1ccc(-c2ccc(-c3ccc(OCC4CCC(CCCCC)CC4)cc3)cc2)c(F)c1F. The molecule has 0 radical (unpaired) electrons. The Labute approximate surface area is 228 Å². The lowest BCUT2D eigenvalue weighted by molar-refractivity contribution is 0.177. The van der Waals surface area contributed by atoms with E-state index in [0.29, 0.717) is 29.0 Å². The van der Waals surface area contributed by atoms with Crippen molar-refractivity contribution in [2.45, 2.75) is 90.9 Å². The second-order valence-electron chi connectivity index (χ2n) is 11.2. The van der Waals surface area contributed by atoms with Crippen LogP contribution in [-0.2, 0) is 6.42 Å². The molecule has 0 aliphatic heterocycles. The van der Waals surface area contributed by atoms with Crippen LogP contribution in [0.2, 0.25) is 0 Å². The van der Waals surface area contributed by atoms with E-state index in [1.807, 2.05) is 36.4 Å². The molecule has 0 heterocycles. The molecule has 1 saturated carbocycles. The highest BCUT2D eigenvalue weighted by Gasteiger charge is 2.21. The number of unbranched alkanes of at least 4 members (excludes halogenated alkanes) is 4. The van der Waals surface area contributed by atoms with E-state index in [4.69, 9.17) is 4.74 Å². The molecule has 1 fully saturated rings. The molecule has 0 amide bonds. The van der Waals surface area contributed by atoms with Crippen molar-refractivity contribution >= 4 is 0 Å². The van der Waals surface area contributed by atoms with Crippen LogP contribution in [-0.4, -0.2) is 6.61 Å². The third-order valence-electron chi connectivity index (χ3n) is 8.26. The van der Waals surface area contributed by atoms with Crippen LogP contribution < -0.4 is 4.74 Å². The summed E-state index contributed by atoms with van der Waals surface area (Å²) in [6, 6.07) is 19.3. The second-order valence-corrected chi connectivity index (χ2v) is 11.2. The highest BCUT2D eigenvalue weighted by atomic mass is 19.2. The highest BCUT2D eigenvalue weighted by molar-refractivity contribution is 5.71. The van der Waals surface area contributed by atoms with Crippen molar-refractivity contribution in [3.8, 4) is 28.0 Å². The second kappa shape index (κ2) is 14.5. The predicted molar refractivity (Wildman–Crippen MR) is 156 cm³/mol. The minimum atomic E-state index is -0.752. The van der Waals surface area contributed by atoms with E-state index in [0.717, 1.165) is 48.7 Å². The molecule has 4 rings (SSSR count). The monoisotopic (exact) mass is 518 g/mol. The third-order valence-corrected chi connectivity index (χ3v) is 8.26. The number of halogens is 2. The van der Waals surface area contributed by atoms with Crippen molar-refractivity contribution in [2.24, 2.45) is 11.8 Å². The molecule has 0 saturated heterocycles. The van der Waals surface area contributed by atoms with Gasteiger partial charge in [-0.3, -0.25) is 0 Å². The van der Waals surface area contributed by atoms with Gasteiger partial charge < -0.3 is 4.74 Å². The van der Waals surface area contributed by atoms with E-state index in [2.05, 4.69) is 26.0 Å². The van der Waals surface area contributed by atoms with Gasteiger partial charge in [0.15, 0.2) is 11.6 Å². The summed E-state index contributed by atoms with van der Waals surface area (Å²) in [6.07, 6.45) is 14.3. The largest absolute Gasteiger partial charge is 0.493 e. The van der Waals surface area contributed by atoms with Crippen molar-refractivity contribution in [1.29, 1.82) is 0 Å². The van der Waals surface area contributed by atoms with Crippen molar-refractivity contribution in [2.75, 3.05) is 6.61 Å². The average molecular weight is 519 g/mol. The topological polar surface area (TPSA) is 9.23 Å². The van der Waals surface area contributed by atoms with Gasteiger partial charge in [-0.2, -0.15) is 0 Å². The zero-order chi connectivity index (χ0) is 26.7. The van der Waals surface area contributed by atoms with Gasteiger partial charge in [-0.1, -0.05) is 114 Å². The van der Waals surface area contributed by atoms with Crippen LogP contribution in [0.4, 0.5) is 8.78 Å². The van der Waals surface area contributed by atoms with Gasteiger partial charge in [0.25, 0.3) is 0 Å². The Morgan fingerprint density at radius 3 is 1.87 bits per heavy atom. The van der Waals surface area contributed by atoms with E-state index in [-0.39, 0.29) is 0 Å². The van der Waals surface area contributed by atoms with Gasteiger partial charge in [0, 0.05) is 5.56 Å². The number of benzene rings is 3. The molecule has 3 aromatic rings. The summed E-state index contributed by atoms with van der Waals surface area (Å²) < 4.78 is 35.6. The predicted octanol–water partition coefficient (Wildman–Crippen LogP) is 10.8. The molecule has 1 nitrogen and oxygen atoms in total. The fourth-order valence-corrected chi connectivity index (χ4v) is 5.74. The van der Waals surface area contributed by atoms with Gasteiger partial charge in [-0.25, -0.2) is 8.78 Å². The maximum absolute atomic E-state index is 14.8. The van der Waals surface area contributed by atoms with Crippen LogP contribution in [0, 0.1) is 23.5 Å². The van der Waals surface area contributed by atoms with Crippen LogP contribution in [0.1, 0.15) is 90.0 Å². The van der Waals surface area contributed by atoms with Gasteiger partial charge in [0.05, 0.1) is 6.61 Å². The van der Waals surface area contributed by atoms with E-state index < -0.39 is 11.6 Å². The zero-order valence-electron chi connectivity index (χ0n) is 23.3. The molecule has 0 bridgehead atoms. The van der Waals surface area contributed by atoms with Crippen molar-refractivity contribution in [3.05, 3.63) is 77.9 Å². The standard InChI is InChI=1S/C35H44F2O/c1-3-5-7-9-26-11-13-27(14-12-26)25-38-32-22-19-29(20-23-32)28-15-17-30(18-16-28)33-24-21-31(10-8-6-4-2)34(36)35(33)37/h15-24,26-27H,3-14,25H2,1-2H3. The fourth-order valence-electron chi connectivity index (χ4n) is 5.74.